The number of ether oxygens (including phenoxy) is 3. The van der Waals surface area contributed by atoms with Crippen molar-refractivity contribution in [1.82, 2.24) is 15.0 Å². The second-order valence-corrected chi connectivity index (χ2v) is 11.3. The van der Waals surface area contributed by atoms with Crippen LogP contribution in [0.5, 0.6) is 17.2 Å². The van der Waals surface area contributed by atoms with E-state index in [1.54, 1.807) is 28.0 Å². The molecule has 208 valence electrons. The van der Waals surface area contributed by atoms with E-state index in [2.05, 4.69) is 10.5 Å². The van der Waals surface area contributed by atoms with Gasteiger partial charge in [0.2, 0.25) is 5.75 Å². The van der Waals surface area contributed by atoms with Gasteiger partial charge in [0.1, 0.15) is 4.83 Å². The van der Waals surface area contributed by atoms with Crippen molar-refractivity contribution in [2.45, 2.75) is 37.8 Å². The molecule has 11 heteroatoms. The molecular formula is C29H30N4O5S2. The minimum absolute atomic E-state index is 0.0293. The van der Waals surface area contributed by atoms with Crippen molar-refractivity contribution in [3.8, 4) is 22.9 Å². The third-order valence-electron chi connectivity index (χ3n) is 6.67. The Morgan fingerprint density at radius 3 is 2.48 bits per heavy atom. The molecule has 0 unspecified atom stereocenters. The Morgan fingerprint density at radius 1 is 1.10 bits per heavy atom. The van der Waals surface area contributed by atoms with Gasteiger partial charge in [-0.05, 0) is 62.4 Å². The molecule has 0 bridgehead atoms. The van der Waals surface area contributed by atoms with E-state index < -0.39 is 0 Å². The third kappa shape index (κ3) is 5.57. The summed E-state index contributed by atoms with van der Waals surface area (Å²) in [7, 11) is 4.60. The van der Waals surface area contributed by atoms with Gasteiger partial charge in [-0.2, -0.15) is 5.10 Å². The van der Waals surface area contributed by atoms with Crippen LogP contribution >= 0.6 is 23.1 Å². The van der Waals surface area contributed by atoms with Crippen LogP contribution in [0.1, 0.15) is 34.4 Å². The minimum Gasteiger partial charge on any atom is -0.493 e. The monoisotopic (exact) mass is 578 g/mol. The van der Waals surface area contributed by atoms with Gasteiger partial charge in [-0.15, -0.1) is 11.3 Å². The summed E-state index contributed by atoms with van der Waals surface area (Å²) in [6, 6.07) is 11.2. The van der Waals surface area contributed by atoms with E-state index in [9.17, 15) is 9.59 Å². The van der Waals surface area contributed by atoms with Crippen LogP contribution in [-0.2, 0) is 17.6 Å². The first-order valence-corrected chi connectivity index (χ1v) is 14.6. The van der Waals surface area contributed by atoms with Crippen LogP contribution in [0.4, 0.5) is 0 Å². The fraction of sp³-hybridized carbons (Fsp3) is 0.310. The van der Waals surface area contributed by atoms with Crippen LogP contribution < -0.4 is 25.2 Å². The van der Waals surface area contributed by atoms with Crippen molar-refractivity contribution in [2.24, 2.45) is 5.10 Å². The Balaban J connectivity index is 1.38. The lowest BCUT2D eigenvalue weighted by Gasteiger charge is -2.13. The second-order valence-electron chi connectivity index (χ2n) is 9.30. The fourth-order valence-corrected chi connectivity index (χ4v) is 6.83. The number of benzene rings is 2. The molecule has 0 spiro atoms. The van der Waals surface area contributed by atoms with Crippen LogP contribution in [0, 0.1) is 6.92 Å². The average molecular weight is 579 g/mol. The van der Waals surface area contributed by atoms with Gasteiger partial charge < -0.3 is 14.2 Å². The summed E-state index contributed by atoms with van der Waals surface area (Å²) in [5.41, 5.74) is 6.08. The van der Waals surface area contributed by atoms with Gasteiger partial charge in [0.05, 0.1) is 44.4 Å². The van der Waals surface area contributed by atoms with E-state index in [0.29, 0.717) is 33.4 Å². The van der Waals surface area contributed by atoms with Gasteiger partial charge >= 0.3 is 0 Å². The number of hydrazone groups is 1. The number of aromatic nitrogens is 2. The fourth-order valence-electron chi connectivity index (χ4n) is 4.72. The van der Waals surface area contributed by atoms with Gasteiger partial charge in [-0.25, -0.2) is 10.4 Å². The van der Waals surface area contributed by atoms with Crippen molar-refractivity contribution in [3.63, 3.8) is 0 Å². The maximum Gasteiger partial charge on any atom is 0.267 e. The van der Waals surface area contributed by atoms with E-state index in [1.165, 1.54) is 44.2 Å². The lowest BCUT2D eigenvalue weighted by atomic mass is 9.97. The zero-order chi connectivity index (χ0) is 28.2. The lowest BCUT2D eigenvalue weighted by molar-refractivity contribution is -0.118. The summed E-state index contributed by atoms with van der Waals surface area (Å²) in [6.07, 6.45) is 5.59. The van der Waals surface area contributed by atoms with Crippen LogP contribution in [-0.4, -0.2) is 48.8 Å². The molecular weight excluding hydrogens is 548 g/mol. The molecule has 1 aliphatic rings. The number of rotatable bonds is 9. The molecule has 1 aliphatic carbocycles. The molecule has 0 atom stereocenters. The molecule has 2 aromatic carbocycles. The van der Waals surface area contributed by atoms with Crippen LogP contribution in [0.15, 0.2) is 51.5 Å². The summed E-state index contributed by atoms with van der Waals surface area (Å²) in [5, 5.41) is 5.27. The van der Waals surface area contributed by atoms with Gasteiger partial charge in [-0.3, -0.25) is 14.2 Å². The van der Waals surface area contributed by atoms with Crippen LogP contribution in [0.2, 0.25) is 0 Å². The van der Waals surface area contributed by atoms with Gasteiger partial charge in [0.25, 0.3) is 11.5 Å². The third-order valence-corrected chi connectivity index (χ3v) is 8.80. The van der Waals surface area contributed by atoms with Gasteiger partial charge in [-0.1, -0.05) is 29.5 Å². The molecule has 2 aromatic heterocycles. The first-order valence-electron chi connectivity index (χ1n) is 12.8. The number of carbonyl (C=O) groups excluding carboxylic acids is 1. The zero-order valence-electron chi connectivity index (χ0n) is 22.8. The van der Waals surface area contributed by atoms with Crippen molar-refractivity contribution < 1.29 is 19.0 Å². The second kappa shape index (κ2) is 12.1. The summed E-state index contributed by atoms with van der Waals surface area (Å²) in [6.45, 7) is 2.00. The molecule has 0 fully saturated rings. The number of carbonyl (C=O) groups is 1. The number of amides is 1. The summed E-state index contributed by atoms with van der Waals surface area (Å²) >= 11 is 2.81. The van der Waals surface area contributed by atoms with Crippen molar-refractivity contribution in [3.05, 3.63) is 68.3 Å². The topological polar surface area (TPSA) is 104 Å². The first kappa shape index (κ1) is 27.7. The van der Waals surface area contributed by atoms with E-state index in [1.807, 2.05) is 31.2 Å². The van der Waals surface area contributed by atoms with Crippen molar-refractivity contribution in [2.75, 3.05) is 27.1 Å². The standard InChI is InChI=1S/C29H30N4O5S2/c1-17-9-11-19(12-10-17)33-28(35)25-20-7-5-6-8-23(20)40-27(25)31-29(33)39-16-24(34)32-30-15-18-13-21(36-2)26(38-4)22(14-18)37-3/h9-15H,5-8,16H2,1-4H3,(H,32,34). The minimum atomic E-state index is -0.330. The molecule has 0 radical (unpaired) electrons. The Morgan fingerprint density at radius 2 is 1.80 bits per heavy atom. The lowest BCUT2D eigenvalue weighted by Crippen LogP contribution is -2.24. The number of fused-ring (bicyclic) bond motifs is 3. The molecule has 0 aliphatic heterocycles. The summed E-state index contributed by atoms with van der Waals surface area (Å²) < 4.78 is 17.7. The Kier molecular flexibility index (Phi) is 8.41. The molecule has 0 saturated carbocycles. The quantitative estimate of drug-likeness (QED) is 0.130. The van der Waals surface area contributed by atoms with Crippen LogP contribution in [0.3, 0.4) is 0 Å². The Hall–Kier alpha value is -3.83. The molecule has 4 aromatic rings. The number of thioether (sulfide) groups is 1. The molecule has 40 heavy (non-hydrogen) atoms. The normalized spacial score (nSPS) is 12.9. The van der Waals surface area contributed by atoms with E-state index in [0.717, 1.165) is 47.3 Å². The van der Waals surface area contributed by atoms with E-state index >= 15 is 0 Å². The SMILES string of the molecule is COc1cc(C=NNC(=O)CSc2nc3sc4c(c3c(=O)n2-c2ccc(C)cc2)CCCC4)cc(OC)c1OC. The number of hydrogen-bond acceptors (Lipinski definition) is 9. The predicted octanol–water partition coefficient (Wildman–Crippen LogP) is 4.90. The van der Waals surface area contributed by atoms with Crippen LogP contribution in [0.25, 0.3) is 15.9 Å². The van der Waals surface area contributed by atoms with Crippen molar-refractivity contribution >= 4 is 45.4 Å². The molecule has 1 N–H and O–H groups in total. The molecule has 0 saturated heterocycles. The van der Waals surface area contributed by atoms with E-state index in [-0.39, 0.29) is 17.2 Å². The van der Waals surface area contributed by atoms with Gasteiger partial charge in [0, 0.05) is 10.4 Å². The Labute approximate surface area is 240 Å². The summed E-state index contributed by atoms with van der Waals surface area (Å²) in [4.78, 5) is 33.5. The van der Waals surface area contributed by atoms with Gasteiger partial charge in [0.15, 0.2) is 16.7 Å². The highest BCUT2D eigenvalue weighted by molar-refractivity contribution is 7.99. The molecule has 5 rings (SSSR count). The maximum absolute atomic E-state index is 13.9. The predicted molar refractivity (Wildman–Crippen MR) is 159 cm³/mol. The number of nitrogens with zero attached hydrogens (tertiary/aromatic N) is 3. The highest BCUT2D eigenvalue weighted by Gasteiger charge is 2.23. The zero-order valence-corrected chi connectivity index (χ0v) is 24.4. The average Bonchev–Trinajstić information content (AvgIpc) is 3.35. The van der Waals surface area contributed by atoms with Crippen molar-refractivity contribution in [1.29, 1.82) is 0 Å². The highest BCUT2D eigenvalue weighted by Crippen LogP contribution is 2.38. The summed E-state index contributed by atoms with van der Waals surface area (Å²) in [5.74, 6) is 1.14. The smallest absolute Gasteiger partial charge is 0.267 e. The molecule has 1 amide bonds. The van der Waals surface area contributed by atoms with E-state index in [4.69, 9.17) is 19.2 Å². The Bertz CT molecular complexity index is 1620. The number of aryl methyl sites for hydroxylation is 3. The molecule has 9 nitrogen and oxygen atoms in total. The largest absolute Gasteiger partial charge is 0.493 e. The maximum atomic E-state index is 13.9. The number of methoxy groups -OCH3 is 3. The molecule has 2 heterocycles. The number of hydrogen-bond donors (Lipinski definition) is 1. The first-order chi connectivity index (χ1) is 19.4. The highest BCUT2D eigenvalue weighted by atomic mass is 32.2. The number of thiophene rings is 1. The number of nitrogens with one attached hydrogen (secondary N) is 1.